The SMILES string of the molecule is Cc1ncsc1C(C)NCc1ccno1. The molecule has 0 amide bonds. The molecule has 0 aliphatic rings. The predicted octanol–water partition coefficient (Wildman–Crippen LogP) is 2.29. The number of thiazole rings is 1. The van der Waals surface area contributed by atoms with E-state index in [-0.39, 0.29) is 0 Å². The average Bonchev–Trinajstić information content (AvgIpc) is 2.84. The second kappa shape index (κ2) is 4.55. The molecule has 2 aromatic heterocycles. The first-order valence-electron chi connectivity index (χ1n) is 4.80. The predicted molar refractivity (Wildman–Crippen MR) is 58.6 cm³/mol. The van der Waals surface area contributed by atoms with Crippen LogP contribution >= 0.6 is 11.3 Å². The van der Waals surface area contributed by atoms with Crippen LogP contribution in [0.1, 0.15) is 29.3 Å². The number of aryl methyl sites for hydroxylation is 1. The molecule has 0 bridgehead atoms. The molecule has 4 nitrogen and oxygen atoms in total. The molecule has 0 saturated carbocycles. The molecular weight excluding hydrogens is 210 g/mol. The number of nitrogens with zero attached hydrogens (tertiary/aromatic N) is 2. The Kier molecular flexibility index (Phi) is 3.13. The van der Waals surface area contributed by atoms with Gasteiger partial charge in [0.05, 0.1) is 23.9 Å². The minimum absolute atomic E-state index is 0.294. The van der Waals surface area contributed by atoms with E-state index in [1.807, 2.05) is 18.5 Å². The maximum Gasteiger partial charge on any atom is 0.150 e. The van der Waals surface area contributed by atoms with Crippen LogP contribution in [0.5, 0.6) is 0 Å². The van der Waals surface area contributed by atoms with E-state index < -0.39 is 0 Å². The second-order valence-electron chi connectivity index (χ2n) is 3.38. The fraction of sp³-hybridized carbons (Fsp3) is 0.400. The Hall–Kier alpha value is -1.20. The molecule has 2 rings (SSSR count). The summed E-state index contributed by atoms with van der Waals surface area (Å²) in [5, 5.41) is 7.02. The van der Waals surface area contributed by atoms with Crippen LogP contribution in [-0.2, 0) is 6.54 Å². The molecular formula is C10H13N3OS. The molecule has 2 aromatic rings. The monoisotopic (exact) mass is 223 g/mol. The van der Waals surface area contributed by atoms with Gasteiger partial charge in [0.25, 0.3) is 0 Å². The topological polar surface area (TPSA) is 51.0 Å². The molecule has 0 fully saturated rings. The van der Waals surface area contributed by atoms with Crippen LogP contribution in [0.3, 0.4) is 0 Å². The van der Waals surface area contributed by atoms with Gasteiger partial charge in [-0.1, -0.05) is 5.16 Å². The van der Waals surface area contributed by atoms with Gasteiger partial charge in [-0.25, -0.2) is 4.98 Å². The van der Waals surface area contributed by atoms with Crippen molar-refractivity contribution in [2.45, 2.75) is 26.4 Å². The van der Waals surface area contributed by atoms with Crippen molar-refractivity contribution in [1.29, 1.82) is 0 Å². The fourth-order valence-electron chi connectivity index (χ4n) is 1.41. The van der Waals surface area contributed by atoms with Gasteiger partial charge < -0.3 is 9.84 Å². The zero-order chi connectivity index (χ0) is 10.7. The van der Waals surface area contributed by atoms with Crippen LogP contribution < -0.4 is 5.32 Å². The number of hydrogen-bond acceptors (Lipinski definition) is 5. The van der Waals surface area contributed by atoms with E-state index in [0.717, 1.165) is 11.5 Å². The van der Waals surface area contributed by atoms with Gasteiger partial charge in [0.2, 0.25) is 0 Å². The van der Waals surface area contributed by atoms with Crippen LogP contribution in [0.25, 0.3) is 0 Å². The molecule has 0 spiro atoms. The van der Waals surface area contributed by atoms with Crippen molar-refractivity contribution < 1.29 is 4.52 Å². The third-order valence-corrected chi connectivity index (χ3v) is 3.36. The standard InChI is InChI=1S/C10H13N3OS/c1-7(10-8(2)12-6-15-10)11-5-9-3-4-13-14-9/h3-4,6-7,11H,5H2,1-2H3. The third-order valence-electron chi connectivity index (χ3n) is 2.25. The highest BCUT2D eigenvalue weighted by Crippen LogP contribution is 2.21. The molecule has 2 heterocycles. The summed E-state index contributed by atoms with van der Waals surface area (Å²) >= 11 is 1.67. The number of hydrogen-bond donors (Lipinski definition) is 1. The Morgan fingerprint density at radius 1 is 1.60 bits per heavy atom. The summed E-state index contributed by atoms with van der Waals surface area (Å²) in [6.07, 6.45) is 1.65. The molecule has 1 N–H and O–H groups in total. The van der Waals surface area contributed by atoms with Crippen molar-refractivity contribution in [3.63, 3.8) is 0 Å². The Morgan fingerprint density at radius 2 is 2.47 bits per heavy atom. The molecule has 0 radical (unpaired) electrons. The van der Waals surface area contributed by atoms with Gasteiger partial charge in [0, 0.05) is 17.0 Å². The van der Waals surface area contributed by atoms with Crippen molar-refractivity contribution in [3.8, 4) is 0 Å². The first-order chi connectivity index (χ1) is 7.27. The summed E-state index contributed by atoms with van der Waals surface area (Å²) in [6, 6.07) is 2.15. The van der Waals surface area contributed by atoms with Gasteiger partial charge in [-0.15, -0.1) is 11.3 Å². The van der Waals surface area contributed by atoms with Gasteiger partial charge in [0.1, 0.15) is 5.76 Å². The lowest BCUT2D eigenvalue weighted by molar-refractivity contribution is 0.366. The van der Waals surface area contributed by atoms with Gasteiger partial charge in [0.15, 0.2) is 0 Å². The van der Waals surface area contributed by atoms with Crippen molar-refractivity contribution >= 4 is 11.3 Å². The third kappa shape index (κ3) is 2.43. The van der Waals surface area contributed by atoms with E-state index >= 15 is 0 Å². The maximum atomic E-state index is 5.01. The van der Waals surface area contributed by atoms with Crippen LogP contribution in [0.2, 0.25) is 0 Å². The normalized spacial score (nSPS) is 12.9. The van der Waals surface area contributed by atoms with E-state index in [9.17, 15) is 0 Å². The van der Waals surface area contributed by atoms with E-state index in [1.165, 1.54) is 4.88 Å². The van der Waals surface area contributed by atoms with Crippen molar-refractivity contribution in [1.82, 2.24) is 15.5 Å². The average molecular weight is 223 g/mol. The van der Waals surface area contributed by atoms with Crippen LogP contribution in [0.4, 0.5) is 0 Å². The Bertz CT molecular complexity index is 410. The Morgan fingerprint density at radius 3 is 3.07 bits per heavy atom. The van der Waals surface area contributed by atoms with Crippen molar-refractivity contribution in [2.24, 2.45) is 0 Å². The van der Waals surface area contributed by atoms with E-state index in [2.05, 4.69) is 22.4 Å². The van der Waals surface area contributed by atoms with E-state index in [1.54, 1.807) is 17.5 Å². The van der Waals surface area contributed by atoms with Crippen LogP contribution in [-0.4, -0.2) is 10.1 Å². The minimum Gasteiger partial charge on any atom is -0.360 e. The first-order valence-corrected chi connectivity index (χ1v) is 5.68. The summed E-state index contributed by atoms with van der Waals surface area (Å²) in [5.41, 5.74) is 2.97. The van der Waals surface area contributed by atoms with Gasteiger partial charge >= 0.3 is 0 Å². The molecule has 0 aliphatic carbocycles. The lowest BCUT2D eigenvalue weighted by Crippen LogP contribution is -2.17. The molecule has 0 aromatic carbocycles. The molecule has 15 heavy (non-hydrogen) atoms. The maximum absolute atomic E-state index is 5.01. The lowest BCUT2D eigenvalue weighted by Gasteiger charge is -2.10. The van der Waals surface area contributed by atoms with E-state index in [4.69, 9.17) is 4.52 Å². The van der Waals surface area contributed by atoms with Gasteiger partial charge in [-0.05, 0) is 13.8 Å². The lowest BCUT2D eigenvalue weighted by atomic mass is 10.2. The smallest absolute Gasteiger partial charge is 0.150 e. The molecule has 1 atom stereocenters. The second-order valence-corrected chi connectivity index (χ2v) is 4.27. The Labute approximate surface area is 92.3 Å². The quantitative estimate of drug-likeness (QED) is 0.864. The molecule has 0 aliphatic heterocycles. The molecule has 5 heteroatoms. The summed E-state index contributed by atoms with van der Waals surface area (Å²) in [6.45, 7) is 4.84. The van der Waals surface area contributed by atoms with Crippen LogP contribution in [0.15, 0.2) is 22.3 Å². The fourth-order valence-corrected chi connectivity index (χ4v) is 2.24. The van der Waals surface area contributed by atoms with Gasteiger partial charge in [-0.3, -0.25) is 0 Å². The molecule has 80 valence electrons. The summed E-state index contributed by atoms with van der Waals surface area (Å²) in [7, 11) is 0. The summed E-state index contributed by atoms with van der Waals surface area (Å²) < 4.78 is 5.01. The Balaban J connectivity index is 1.93. The highest BCUT2D eigenvalue weighted by molar-refractivity contribution is 7.09. The summed E-state index contributed by atoms with van der Waals surface area (Å²) in [5.74, 6) is 0.851. The van der Waals surface area contributed by atoms with Crippen LogP contribution in [0, 0.1) is 6.92 Å². The van der Waals surface area contributed by atoms with E-state index in [0.29, 0.717) is 12.6 Å². The van der Waals surface area contributed by atoms with Gasteiger partial charge in [-0.2, -0.15) is 0 Å². The minimum atomic E-state index is 0.294. The molecule has 1 unspecified atom stereocenters. The number of nitrogens with one attached hydrogen (secondary N) is 1. The first kappa shape index (κ1) is 10.3. The largest absolute Gasteiger partial charge is 0.360 e. The number of rotatable bonds is 4. The highest BCUT2D eigenvalue weighted by atomic mass is 32.1. The zero-order valence-corrected chi connectivity index (χ0v) is 9.54. The highest BCUT2D eigenvalue weighted by Gasteiger charge is 2.10. The van der Waals surface area contributed by atoms with Crippen molar-refractivity contribution in [3.05, 3.63) is 34.1 Å². The molecule has 0 saturated heterocycles. The zero-order valence-electron chi connectivity index (χ0n) is 8.73. The van der Waals surface area contributed by atoms with Crippen molar-refractivity contribution in [2.75, 3.05) is 0 Å². The number of aromatic nitrogens is 2. The summed E-state index contributed by atoms with van der Waals surface area (Å²) in [4.78, 5) is 5.50.